The molecule has 4 aromatic rings. The van der Waals surface area contributed by atoms with Crippen molar-refractivity contribution in [1.29, 1.82) is 0 Å². The molecular weight excluding hydrogens is 466 g/mol. The van der Waals surface area contributed by atoms with Crippen LogP contribution in [-0.2, 0) is 17.8 Å². The first-order valence-electron chi connectivity index (χ1n) is 12.5. The molecule has 0 radical (unpaired) electrons. The molecule has 0 fully saturated rings. The van der Waals surface area contributed by atoms with Gasteiger partial charge in [0, 0.05) is 24.3 Å². The molecule has 0 atom stereocenters. The van der Waals surface area contributed by atoms with Crippen molar-refractivity contribution in [2.45, 2.75) is 39.7 Å². The summed E-state index contributed by atoms with van der Waals surface area (Å²) in [7, 11) is 1.68. The zero-order chi connectivity index (χ0) is 25.4. The average Bonchev–Trinajstić information content (AvgIpc) is 3.46. The summed E-state index contributed by atoms with van der Waals surface area (Å²) in [6.07, 6.45) is 4.21. The van der Waals surface area contributed by atoms with E-state index in [1.54, 1.807) is 7.11 Å². The van der Waals surface area contributed by atoms with Gasteiger partial charge < -0.3 is 14.0 Å². The van der Waals surface area contributed by atoms with Crippen LogP contribution >= 0.6 is 0 Å². The number of benzene rings is 2. The fraction of sp³-hybridized carbons (Fsp3) is 0.276. The van der Waals surface area contributed by atoms with Gasteiger partial charge in [-0.2, -0.15) is 5.10 Å². The Labute approximate surface area is 215 Å². The number of anilines is 1. The monoisotopic (exact) mass is 495 g/mol. The maximum absolute atomic E-state index is 6.25. The largest absolute Gasteiger partial charge is 0.497 e. The van der Waals surface area contributed by atoms with Crippen molar-refractivity contribution in [3.8, 4) is 22.9 Å². The highest BCUT2D eigenvalue weighted by atomic mass is 16.5. The summed E-state index contributed by atoms with van der Waals surface area (Å²) >= 11 is 0. The second-order valence-corrected chi connectivity index (χ2v) is 9.45. The van der Waals surface area contributed by atoms with E-state index in [0.717, 1.165) is 64.0 Å². The van der Waals surface area contributed by atoms with Crippen molar-refractivity contribution in [2.75, 3.05) is 18.7 Å². The molecule has 0 aliphatic carbocycles. The van der Waals surface area contributed by atoms with Gasteiger partial charge in [-0.05, 0) is 50.0 Å². The van der Waals surface area contributed by atoms with E-state index in [9.17, 15) is 0 Å². The number of methoxy groups -OCH3 is 1. The Morgan fingerprint density at radius 2 is 1.84 bits per heavy atom. The lowest BCUT2D eigenvalue weighted by Gasteiger charge is -2.24. The van der Waals surface area contributed by atoms with Gasteiger partial charge in [-0.25, -0.2) is 9.99 Å². The fourth-order valence-electron chi connectivity index (χ4n) is 4.92. The predicted octanol–water partition coefficient (Wildman–Crippen LogP) is 5.85. The van der Waals surface area contributed by atoms with E-state index in [-0.39, 0.29) is 0 Å². The number of ether oxygens (including phenoxy) is 2. The van der Waals surface area contributed by atoms with Gasteiger partial charge in [-0.15, -0.1) is 0 Å². The lowest BCUT2D eigenvalue weighted by Crippen LogP contribution is -2.20. The number of nitrogens with zero attached hydrogens (tertiary/aromatic N) is 5. The van der Waals surface area contributed by atoms with Crippen LogP contribution < -0.4 is 9.75 Å². The highest BCUT2D eigenvalue weighted by Crippen LogP contribution is 2.41. The second kappa shape index (κ2) is 9.71. The Balaban J connectivity index is 1.48. The van der Waals surface area contributed by atoms with E-state index in [0.29, 0.717) is 25.4 Å². The van der Waals surface area contributed by atoms with Crippen LogP contribution in [-0.4, -0.2) is 34.1 Å². The minimum Gasteiger partial charge on any atom is -0.497 e. The zero-order valence-electron chi connectivity index (χ0n) is 21.3. The van der Waals surface area contributed by atoms with Crippen LogP contribution in [0.15, 0.2) is 81.8 Å². The van der Waals surface area contributed by atoms with Crippen LogP contribution in [0.2, 0.25) is 0 Å². The summed E-state index contributed by atoms with van der Waals surface area (Å²) < 4.78 is 19.6. The minimum atomic E-state index is 0.522. The van der Waals surface area contributed by atoms with Gasteiger partial charge >= 0.3 is 0 Å². The van der Waals surface area contributed by atoms with Gasteiger partial charge in [0.1, 0.15) is 17.8 Å². The summed E-state index contributed by atoms with van der Waals surface area (Å²) in [5.74, 6) is 1.43. The molecule has 4 heterocycles. The Kier molecular flexibility index (Phi) is 6.10. The van der Waals surface area contributed by atoms with E-state index in [1.165, 1.54) is 5.57 Å². The van der Waals surface area contributed by atoms with Gasteiger partial charge in [-0.3, -0.25) is 4.57 Å². The molecule has 2 aliphatic rings. The van der Waals surface area contributed by atoms with Gasteiger partial charge in [-0.1, -0.05) is 35.5 Å². The fourth-order valence-corrected chi connectivity index (χ4v) is 4.92. The molecule has 188 valence electrons. The van der Waals surface area contributed by atoms with E-state index in [4.69, 9.17) is 24.1 Å². The molecule has 0 bridgehead atoms. The molecule has 37 heavy (non-hydrogen) atoms. The van der Waals surface area contributed by atoms with Gasteiger partial charge in [0.15, 0.2) is 5.76 Å². The number of allylic oxidation sites excluding steroid dienone is 1. The van der Waals surface area contributed by atoms with Crippen LogP contribution in [0.1, 0.15) is 36.7 Å². The molecule has 2 aromatic carbocycles. The Bertz CT molecular complexity index is 1500. The standard InChI is InChI=1S/C29H29N5O3/c1-19-9-10-22(17-36-16-21-7-5-4-6-8-21)25-15-27-29(28-13-20(2)32-37-28)30-18-33(27)24-12-11-23(35-3)14-26(24)34(25)31-19/h4-8,11-14,18H,9-10,15-17H2,1-3H3. The Hall–Kier alpha value is -4.17. The molecule has 8 heteroatoms. The molecule has 0 saturated heterocycles. The third-order valence-corrected chi connectivity index (χ3v) is 6.84. The molecule has 0 spiro atoms. The van der Waals surface area contributed by atoms with E-state index in [1.807, 2.05) is 49.6 Å². The Morgan fingerprint density at radius 1 is 0.973 bits per heavy atom. The van der Waals surface area contributed by atoms with Gasteiger partial charge in [0.25, 0.3) is 0 Å². The summed E-state index contributed by atoms with van der Waals surface area (Å²) in [5, 5.41) is 11.2. The third kappa shape index (κ3) is 4.44. The van der Waals surface area contributed by atoms with Crippen molar-refractivity contribution in [3.05, 3.63) is 89.1 Å². The number of hydrogen-bond donors (Lipinski definition) is 0. The van der Waals surface area contributed by atoms with Crippen molar-refractivity contribution in [3.63, 3.8) is 0 Å². The highest BCUT2D eigenvalue weighted by molar-refractivity contribution is 5.85. The first-order chi connectivity index (χ1) is 18.1. The normalized spacial score (nSPS) is 14.9. The molecule has 0 unspecified atom stereocenters. The van der Waals surface area contributed by atoms with Crippen LogP contribution in [0.25, 0.3) is 17.1 Å². The van der Waals surface area contributed by atoms with Crippen LogP contribution in [0.4, 0.5) is 5.69 Å². The predicted molar refractivity (Wildman–Crippen MR) is 142 cm³/mol. The summed E-state index contributed by atoms with van der Waals surface area (Å²) in [5.41, 5.74) is 9.08. The van der Waals surface area contributed by atoms with Crippen molar-refractivity contribution < 1.29 is 14.0 Å². The van der Waals surface area contributed by atoms with Gasteiger partial charge in [0.05, 0.1) is 48.8 Å². The van der Waals surface area contributed by atoms with Crippen molar-refractivity contribution in [2.24, 2.45) is 5.10 Å². The van der Waals surface area contributed by atoms with Crippen LogP contribution in [0.3, 0.4) is 0 Å². The maximum Gasteiger partial charge on any atom is 0.187 e. The molecule has 0 amide bonds. The Morgan fingerprint density at radius 3 is 2.62 bits per heavy atom. The minimum absolute atomic E-state index is 0.522. The summed E-state index contributed by atoms with van der Waals surface area (Å²) in [6.45, 7) is 5.08. The van der Waals surface area contributed by atoms with E-state index >= 15 is 0 Å². The molecule has 2 aliphatic heterocycles. The second-order valence-electron chi connectivity index (χ2n) is 9.45. The quantitative estimate of drug-likeness (QED) is 0.334. The van der Waals surface area contributed by atoms with Crippen molar-refractivity contribution >= 4 is 11.4 Å². The van der Waals surface area contributed by atoms with E-state index in [2.05, 4.69) is 39.9 Å². The van der Waals surface area contributed by atoms with Crippen molar-refractivity contribution in [1.82, 2.24) is 14.7 Å². The topological polar surface area (TPSA) is 77.9 Å². The third-order valence-electron chi connectivity index (χ3n) is 6.84. The van der Waals surface area contributed by atoms with Crippen LogP contribution in [0, 0.1) is 6.92 Å². The number of fused-ring (bicyclic) bond motifs is 5. The molecule has 2 aromatic heterocycles. The number of aromatic nitrogens is 3. The average molecular weight is 496 g/mol. The number of imidazole rings is 1. The van der Waals surface area contributed by atoms with Gasteiger partial charge in [0.2, 0.25) is 0 Å². The maximum atomic E-state index is 6.25. The van der Waals surface area contributed by atoms with Crippen LogP contribution in [0.5, 0.6) is 5.75 Å². The summed E-state index contributed by atoms with van der Waals surface area (Å²) in [6, 6.07) is 18.2. The number of hydrazone groups is 1. The molecular formula is C29H29N5O3. The smallest absolute Gasteiger partial charge is 0.187 e. The molecule has 0 saturated carbocycles. The number of rotatable bonds is 6. The highest BCUT2D eigenvalue weighted by Gasteiger charge is 2.31. The SMILES string of the molecule is COc1ccc2c(c1)N1N=C(C)CCC(COCc3ccccc3)=C1Cc1c(-c3cc(C)no3)ncn1-2. The van der Waals surface area contributed by atoms with E-state index < -0.39 is 0 Å². The number of hydrogen-bond acceptors (Lipinski definition) is 7. The molecule has 0 N–H and O–H groups in total. The lowest BCUT2D eigenvalue weighted by atomic mass is 10.0. The zero-order valence-corrected chi connectivity index (χ0v) is 21.3. The molecule has 6 rings (SSSR count). The first kappa shape index (κ1) is 23.2. The number of aryl methyl sites for hydroxylation is 1. The summed E-state index contributed by atoms with van der Waals surface area (Å²) in [4.78, 5) is 4.76. The first-order valence-corrected chi connectivity index (χ1v) is 12.5. The lowest BCUT2D eigenvalue weighted by molar-refractivity contribution is 0.140. The molecule has 8 nitrogen and oxygen atoms in total.